The van der Waals surface area contributed by atoms with Crippen LogP contribution in [0.3, 0.4) is 0 Å². The number of ether oxygens (including phenoxy) is 1. The molecule has 0 aliphatic heterocycles. The molecule has 0 radical (unpaired) electrons. The van der Waals surface area contributed by atoms with Crippen molar-refractivity contribution >= 4 is 11.8 Å². The van der Waals surface area contributed by atoms with Crippen molar-refractivity contribution in [2.75, 3.05) is 19.4 Å². The number of hydrogen-bond donors (Lipinski definition) is 1. The molecule has 4 aliphatic carbocycles. The van der Waals surface area contributed by atoms with Crippen molar-refractivity contribution in [3.8, 4) is 0 Å². The molecule has 2 N–H and O–H groups in total. The van der Waals surface area contributed by atoms with E-state index in [1.165, 1.54) is 75.5 Å². The van der Waals surface area contributed by atoms with Gasteiger partial charge in [-0.1, -0.05) is 13.8 Å². The maximum absolute atomic E-state index is 6.67. The van der Waals surface area contributed by atoms with Crippen LogP contribution < -0.4 is 5.73 Å². The van der Waals surface area contributed by atoms with Crippen molar-refractivity contribution in [1.29, 1.82) is 0 Å². The smallest absolute Gasteiger partial charge is 0.0937 e. The highest BCUT2D eigenvalue weighted by molar-refractivity contribution is 7.99. The summed E-state index contributed by atoms with van der Waals surface area (Å²) in [6, 6.07) is 2.20. The first-order valence-corrected chi connectivity index (χ1v) is 13.9. The summed E-state index contributed by atoms with van der Waals surface area (Å²) in [6.07, 6.45) is 17.2. The first kappa shape index (κ1) is 22.3. The predicted molar refractivity (Wildman–Crippen MR) is 129 cm³/mol. The third-order valence-electron chi connectivity index (χ3n) is 10.8. The molecule has 174 valence electrons. The topological polar surface area (TPSA) is 48.4 Å². The van der Waals surface area contributed by atoms with Gasteiger partial charge >= 0.3 is 0 Å². The highest BCUT2D eigenvalue weighted by atomic mass is 32.2. The van der Waals surface area contributed by atoms with Crippen molar-refractivity contribution in [1.82, 2.24) is 0 Å². The average molecular weight is 446 g/mol. The standard InChI is InChI=1S/C27H43NO2S/c1-25-11-7-21(31-16-4-14-28)17-20(25)5-6-24-23(25)8-12-26(2)22(19-10-15-30-18-19)9-13-27(24,26)29-3/h10,15,18,20-24H,4-9,11-14,16-17,28H2,1-3H3/t20?,21?,22?,23-,24-,25+,26-,27-/m1/s1. The summed E-state index contributed by atoms with van der Waals surface area (Å²) in [7, 11) is 2.03. The molecule has 3 nitrogen and oxygen atoms in total. The van der Waals surface area contributed by atoms with Gasteiger partial charge in [0.05, 0.1) is 18.1 Å². The molecule has 0 saturated heterocycles. The van der Waals surface area contributed by atoms with E-state index in [0.29, 0.717) is 11.3 Å². The van der Waals surface area contributed by atoms with Gasteiger partial charge < -0.3 is 14.9 Å². The van der Waals surface area contributed by atoms with Crippen molar-refractivity contribution in [3.05, 3.63) is 24.2 Å². The lowest BCUT2D eigenvalue weighted by molar-refractivity contribution is -0.214. The molecule has 0 amide bonds. The summed E-state index contributed by atoms with van der Waals surface area (Å²) in [6.45, 7) is 6.06. The minimum atomic E-state index is 0.0402. The van der Waals surface area contributed by atoms with Crippen LogP contribution in [-0.4, -0.2) is 30.3 Å². The molecule has 4 heteroatoms. The van der Waals surface area contributed by atoms with E-state index in [-0.39, 0.29) is 11.0 Å². The Kier molecular flexibility index (Phi) is 6.06. The molecule has 0 aromatic carbocycles. The summed E-state index contributed by atoms with van der Waals surface area (Å²) in [4.78, 5) is 0. The summed E-state index contributed by atoms with van der Waals surface area (Å²) in [5.74, 6) is 4.28. The summed E-state index contributed by atoms with van der Waals surface area (Å²) in [5.41, 5.74) is 7.91. The zero-order valence-corrected chi connectivity index (χ0v) is 20.7. The van der Waals surface area contributed by atoms with Crippen LogP contribution in [0.25, 0.3) is 0 Å². The predicted octanol–water partition coefficient (Wildman–Crippen LogP) is 6.63. The van der Waals surface area contributed by atoms with Gasteiger partial charge in [-0.3, -0.25) is 0 Å². The fraction of sp³-hybridized carbons (Fsp3) is 0.852. The van der Waals surface area contributed by atoms with Crippen LogP contribution >= 0.6 is 11.8 Å². The first-order chi connectivity index (χ1) is 15.0. The number of rotatable bonds is 6. The van der Waals surface area contributed by atoms with Crippen LogP contribution in [0.2, 0.25) is 0 Å². The van der Waals surface area contributed by atoms with Gasteiger partial charge in [-0.05, 0) is 117 Å². The number of methoxy groups -OCH3 is 1. The van der Waals surface area contributed by atoms with Crippen molar-refractivity contribution < 1.29 is 9.15 Å². The summed E-state index contributed by atoms with van der Waals surface area (Å²) in [5, 5.41) is 0.864. The quantitative estimate of drug-likeness (QED) is 0.500. The number of furan rings is 1. The molecule has 0 spiro atoms. The molecule has 8 atom stereocenters. The lowest BCUT2D eigenvalue weighted by Crippen LogP contribution is -2.62. The number of nitrogens with two attached hydrogens (primary N) is 1. The number of thioether (sulfide) groups is 1. The zero-order chi connectivity index (χ0) is 21.7. The van der Waals surface area contributed by atoms with E-state index in [2.05, 4.69) is 31.7 Å². The maximum atomic E-state index is 6.67. The highest BCUT2D eigenvalue weighted by Crippen LogP contribution is 2.71. The van der Waals surface area contributed by atoms with Gasteiger partial charge in [0.25, 0.3) is 0 Å². The van der Waals surface area contributed by atoms with E-state index in [4.69, 9.17) is 14.9 Å². The van der Waals surface area contributed by atoms with Crippen LogP contribution in [0.5, 0.6) is 0 Å². The lowest BCUT2D eigenvalue weighted by atomic mass is 9.43. The van der Waals surface area contributed by atoms with Crippen LogP contribution in [0.4, 0.5) is 0 Å². The molecular weight excluding hydrogens is 402 g/mol. The Hall–Kier alpha value is -0.450. The van der Waals surface area contributed by atoms with Gasteiger partial charge in [0.1, 0.15) is 0 Å². The average Bonchev–Trinajstić information content (AvgIpc) is 3.39. The van der Waals surface area contributed by atoms with Crippen molar-refractivity contribution in [2.24, 2.45) is 34.3 Å². The van der Waals surface area contributed by atoms with E-state index in [9.17, 15) is 0 Å². The normalized spacial score (nSPS) is 46.9. The van der Waals surface area contributed by atoms with Gasteiger partial charge in [0, 0.05) is 17.8 Å². The molecule has 4 aliphatic rings. The molecule has 4 saturated carbocycles. The molecule has 31 heavy (non-hydrogen) atoms. The second-order valence-corrected chi connectivity index (χ2v) is 13.0. The molecule has 5 rings (SSSR count). The van der Waals surface area contributed by atoms with Gasteiger partial charge in [-0.2, -0.15) is 11.8 Å². The van der Waals surface area contributed by atoms with Crippen molar-refractivity contribution in [2.45, 2.75) is 94.8 Å². The molecular formula is C27H43NO2S. The molecule has 1 aromatic heterocycles. The molecule has 4 fully saturated rings. The monoisotopic (exact) mass is 445 g/mol. The van der Waals surface area contributed by atoms with Gasteiger partial charge in [-0.25, -0.2) is 0 Å². The molecule has 1 heterocycles. The van der Waals surface area contributed by atoms with Gasteiger partial charge in [-0.15, -0.1) is 0 Å². The van der Waals surface area contributed by atoms with E-state index in [1.807, 2.05) is 19.6 Å². The van der Waals surface area contributed by atoms with Crippen LogP contribution in [0, 0.1) is 28.6 Å². The Bertz CT molecular complexity index is 752. The fourth-order valence-electron chi connectivity index (χ4n) is 9.13. The number of fused-ring (bicyclic) bond motifs is 5. The molecule has 1 aromatic rings. The van der Waals surface area contributed by atoms with E-state index in [1.54, 1.807) is 0 Å². The Labute approximate surface area is 193 Å². The second kappa shape index (κ2) is 8.40. The highest BCUT2D eigenvalue weighted by Gasteiger charge is 2.68. The third kappa shape index (κ3) is 3.29. The minimum absolute atomic E-state index is 0.0402. The molecule has 3 unspecified atom stereocenters. The Morgan fingerprint density at radius 1 is 1.10 bits per heavy atom. The third-order valence-corrected chi connectivity index (χ3v) is 12.2. The molecule has 0 bridgehead atoms. The Morgan fingerprint density at radius 3 is 2.71 bits per heavy atom. The Morgan fingerprint density at radius 2 is 1.97 bits per heavy atom. The summed E-state index contributed by atoms with van der Waals surface area (Å²) < 4.78 is 12.2. The SMILES string of the molecule is CO[C@@]12CCC(c3ccoc3)[C@@]1(C)CC[C@@H]1[C@H]2CCC2CC(SCCCN)CC[C@@]21C. The van der Waals surface area contributed by atoms with Gasteiger partial charge in [0.15, 0.2) is 0 Å². The van der Waals surface area contributed by atoms with Crippen LogP contribution in [0.1, 0.15) is 89.5 Å². The van der Waals surface area contributed by atoms with E-state index < -0.39 is 0 Å². The fourth-order valence-corrected chi connectivity index (χ4v) is 10.5. The van der Waals surface area contributed by atoms with Crippen LogP contribution in [0.15, 0.2) is 23.0 Å². The number of hydrogen-bond acceptors (Lipinski definition) is 4. The zero-order valence-electron chi connectivity index (χ0n) is 19.9. The summed E-state index contributed by atoms with van der Waals surface area (Å²) >= 11 is 2.21. The minimum Gasteiger partial charge on any atom is -0.472 e. The largest absolute Gasteiger partial charge is 0.472 e. The van der Waals surface area contributed by atoms with Crippen molar-refractivity contribution in [3.63, 3.8) is 0 Å². The van der Waals surface area contributed by atoms with E-state index >= 15 is 0 Å². The Balaban J connectivity index is 1.38. The van der Waals surface area contributed by atoms with Crippen LogP contribution in [-0.2, 0) is 4.74 Å². The van der Waals surface area contributed by atoms with Gasteiger partial charge in [0.2, 0.25) is 0 Å². The second-order valence-electron chi connectivity index (χ2n) is 11.6. The van der Waals surface area contributed by atoms with E-state index in [0.717, 1.165) is 29.5 Å². The maximum Gasteiger partial charge on any atom is 0.0937 e. The lowest BCUT2D eigenvalue weighted by Gasteiger charge is -2.64. The first-order valence-electron chi connectivity index (χ1n) is 12.9.